The zero-order valence-electron chi connectivity index (χ0n) is 11.6. The molecule has 0 aromatic carbocycles. The maximum atomic E-state index is 11.6. The molecule has 3 nitrogen and oxygen atoms in total. The number of cyclic esters (lactones) is 1. The van der Waals surface area contributed by atoms with Crippen molar-refractivity contribution < 1.29 is 9.53 Å². The number of hydrogen-bond donors (Lipinski definition) is 1. The van der Waals surface area contributed by atoms with E-state index in [1.165, 1.54) is 11.1 Å². The van der Waals surface area contributed by atoms with Crippen molar-refractivity contribution in [2.45, 2.75) is 47.0 Å². The molecule has 2 heterocycles. The van der Waals surface area contributed by atoms with Crippen LogP contribution in [0.15, 0.2) is 12.0 Å². The van der Waals surface area contributed by atoms with Crippen LogP contribution in [0.1, 0.15) is 50.9 Å². The first-order chi connectivity index (χ1) is 8.47. The summed E-state index contributed by atoms with van der Waals surface area (Å²) in [5.74, 6) is 0.637. The van der Waals surface area contributed by atoms with Gasteiger partial charge in [-0.05, 0) is 37.8 Å². The minimum Gasteiger partial charge on any atom is -0.431 e. The van der Waals surface area contributed by atoms with E-state index in [2.05, 4.69) is 18.8 Å². The van der Waals surface area contributed by atoms with Gasteiger partial charge in [0.05, 0.1) is 5.41 Å². The van der Waals surface area contributed by atoms with Crippen molar-refractivity contribution in [2.75, 3.05) is 0 Å². The molecule has 0 saturated carbocycles. The van der Waals surface area contributed by atoms with E-state index >= 15 is 0 Å². The quantitative estimate of drug-likeness (QED) is 0.831. The predicted octanol–water partition coefficient (Wildman–Crippen LogP) is 3.45. The number of H-pyrrole nitrogens is 1. The van der Waals surface area contributed by atoms with E-state index in [1.807, 2.05) is 26.1 Å². The van der Waals surface area contributed by atoms with Gasteiger partial charge in [0.25, 0.3) is 0 Å². The minimum absolute atomic E-state index is 0.130. The van der Waals surface area contributed by atoms with Gasteiger partial charge in [-0.2, -0.15) is 0 Å². The van der Waals surface area contributed by atoms with Crippen LogP contribution in [0.3, 0.4) is 0 Å². The summed E-state index contributed by atoms with van der Waals surface area (Å²) in [6.45, 7) is 8.14. The fraction of sp³-hybridized carbons (Fsp3) is 0.533. The van der Waals surface area contributed by atoms with Crippen molar-refractivity contribution in [1.29, 1.82) is 0 Å². The third-order valence-electron chi connectivity index (χ3n) is 3.55. The van der Waals surface area contributed by atoms with E-state index in [9.17, 15) is 4.79 Å². The van der Waals surface area contributed by atoms with Crippen molar-refractivity contribution >= 4 is 12.0 Å². The highest BCUT2D eigenvalue weighted by atomic mass is 16.5. The molecule has 0 atom stereocenters. The number of esters is 1. The number of aromatic nitrogens is 1. The second-order valence-corrected chi connectivity index (χ2v) is 5.47. The smallest absolute Gasteiger partial charge is 0.317 e. The van der Waals surface area contributed by atoms with Gasteiger partial charge in [0.2, 0.25) is 0 Å². The van der Waals surface area contributed by atoms with Crippen LogP contribution in [0, 0.1) is 5.41 Å². The molecule has 0 amide bonds. The molecule has 1 saturated heterocycles. The van der Waals surface area contributed by atoms with Gasteiger partial charge >= 0.3 is 5.97 Å². The first-order valence-electron chi connectivity index (χ1n) is 6.60. The number of carbonyl (C=O) groups excluding carboxylic acids is 1. The Balaban J connectivity index is 2.30. The zero-order chi connectivity index (χ0) is 13.3. The third kappa shape index (κ3) is 2.22. The molecular weight excluding hydrogens is 226 g/mol. The standard InChI is InChI=1S/C15H21NO2/c1-5-10-9-16-13(12(10)6-2)7-11-8-15(3,4)14(17)18-11/h7,9,16H,5-6,8H2,1-4H3/b11-7+. The van der Waals surface area contributed by atoms with E-state index in [0.29, 0.717) is 6.42 Å². The summed E-state index contributed by atoms with van der Waals surface area (Å²) in [6.07, 6.45) is 6.71. The summed E-state index contributed by atoms with van der Waals surface area (Å²) >= 11 is 0. The molecule has 1 aliphatic heterocycles. The van der Waals surface area contributed by atoms with Gasteiger partial charge in [0, 0.05) is 24.4 Å². The van der Waals surface area contributed by atoms with Gasteiger partial charge in [-0.3, -0.25) is 4.79 Å². The van der Waals surface area contributed by atoms with Crippen LogP contribution in [0.4, 0.5) is 0 Å². The van der Waals surface area contributed by atoms with Crippen LogP contribution in [-0.2, 0) is 22.4 Å². The Kier molecular flexibility index (Phi) is 3.33. The fourth-order valence-electron chi connectivity index (χ4n) is 2.42. The maximum absolute atomic E-state index is 11.6. The largest absolute Gasteiger partial charge is 0.431 e. The summed E-state index contributed by atoms with van der Waals surface area (Å²) in [6, 6.07) is 0. The molecule has 1 aromatic rings. The normalized spacial score (nSPS) is 20.4. The first kappa shape index (κ1) is 12.9. The zero-order valence-corrected chi connectivity index (χ0v) is 11.6. The minimum atomic E-state index is -0.390. The van der Waals surface area contributed by atoms with Crippen LogP contribution in [0.2, 0.25) is 0 Å². The van der Waals surface area contributed by atoms with Crippen molar-refractivity contribution in [3.8, 4) is 0 Å². The number of ether oxygens (including phenoxy) is 1. The maximum Gasteiger partial charge on any atom is 0.317 e. The highest BCUT2D eigenvalue weighted by Gasteiger charge is 2.38. The van der Waals surface area contributed by atoms with Gasteiger partial charge in [0.15, 0.2) is 0 Å². The Hall–Kier alpha value is -1.51. The number of hydrogen-bond acceptors (Lipinski definition) is 2. The van der Waals surface area contributed by atoms with Gasteiger partial charge in [-0.15, -0.1) is 0 Å². The first-order valence-corrected chi connectivity index (χ1v) is 6.60. The number of aryl methyl sites for hydroxylation is 1. The third-order valence-corrected chi connectivity index (χ3v) is 3.55. The Morgan fingerprint density at radius 3 is 2.61 bits per heavy atom. The van der Waals surface area contributed by atoms with E-state index in [4.69, 9.17) is 4.74 Å². The monoisotopic (exact) mass is 247 g/mol. The number of carbonyl (C=O) groups is 1. The van der Waals surface area contributed by atoms with Gasteiger partial charge < -0.3 is 9.72 Å². The molecule has 1 N–H and O–H groups in total. The van der Waals surface area contributed by atoms with E-state index in [1.54, 1.807) is 0 Å². The molecule has 1 aliphatic rings. The van der Waals surface area contributed by atoms with Crippen LogP contribution < -0.4 is 0 Å². The summed E-state index contributed by atoms with van der Waals surface area (Å²) in [5, 5.41) is 0. The molecule has 98 valence electrons. The molecule has 2 rings (SSSR count). The molecule has 0 spiro atoms. The van der Waals surface area contributed by atoms with Crippen molar-refractivity contribution in [3.63, 3.8) is 0 Å². The average molecular weight is 247 g/mol. The van der Waals surface area contributed by atoms with Crippen LogP contribution >= 0.6 is 0 Å². The summed E-state index contributed by atoms with van der Waals surface area (Å²) < 4.78 is 5.33. The Labute approximate surface area is 108 Å². The van der Waals surface area contributed by atoms with Crippen LogP contribution in [-0.4, -0.2) is 11.0 Å². The lowest BCUT2D eigenvalue weighted by molar-refractivity contribution is -0.142. The number of nitrogens with one attached hydrogen (secondary N) is 1. The lowest BCUT2D eigenvalue weighted by Crippen LogP contribution is -2.16. The highest BCUT2D eigenvalue weighted by molar-refractivity contribution is 5.81. The van der Waals surface area contributed by atoms with E-state index < -0.39 is 5.41 Å². The fourth-order valence-corrected chi connectivity index (χ4v) is 2.42. The lowest BCUT2D eigenvalue weighted by atomic mass is 9.91. The molecule has 0 aliphatic carbocycles. The molecule has 3 heteroatoms. The van der Waals surface area contributed by atoms with E-state index in [0.717, 1.165) is 24.3 Å². The van der Waals surface area contributed by atoms with Crippen molar-refractivity contribution in [3.05, 3.63) is 28.8 Å². The lowest BCUT2D eigenvalue weighted by Gasteiger charge is -2.07. The molecule has 1 fully saturated rings. The Morgan fingerprint density at radius 2 is 2.11 bits per heavy atom. The SMILES string of the molecule is CCc1c[nH]c(/C=C2\CC(C)(C)C(=O)O2)c1CC. The van der Waals surface area contributed by atoms with Crippen molar-refractivity contribution in [1.82, 2.24) is 4.98 Å². The molecule has 0 unspecified atom stereocenters. The van der Waals surface area contributed by atoms with E-state index in [-0.39, 0.29) is 5.97 Å². The Morgan fingerprint density at radius 1 is 1.39 bits per heavy atom. The summed E-state index contributed by atoms with van der Waals surface area (Å²) in [7, 11) is 0. The van der Waals surface area contributed by atoms with Gasteiger partial charge in [0.1, 0.15) is 5.76 Å². The number of rotatable bonds is 3. The van der Waals surface area contributed by atoms with Crippen LogP contribution in [0.25, 0.3) is 6.08 Å². The van der Waals surface area contributed by atoms with Gasteiger partial charge in [-0.1, -0.05) is 13.8 Å². The predicted molar refractivity (Wildman–Crippen MR) is 72.0 cm³/mol. The highest BCUT2D eigenvalue weighted by Crippen LogP contribution is 2.36. The summed E-state index contributed by atoms with van der Waals surface area (Å²) in [4.78, 5) is 14.9. The topological polar surface area (TPSA) is 42.1 Å². The second kappa shape index (κ2) is 4.63. The number of allylic oxidation sites excluding steroid dienone is 1. The molecule has 0 bridgehead atoms. The summed E-state index contributed by atoms with van der Waals surface area (Å²) in [5.41, 5.74) is 3.35. The van der Waals surface area contributed by atoms with Crippen molar-refractivity contribution in [2.24, 2.45) is 5.41 Å². The average Bonchev–Trinajstić information content (AvgIpc) is 2.80. The Bertz CT molecular complexity index is 495. The van der Waals surface area contributed by atoms with Crippen LogP contribution in [0.5, 0.6) is 0 Å². The molecular formula is C15H21NO2. The molecule has 18 heavy (non-hydrogen) atoms. The number of aromatic amines is 1. The molecule has 1 aromatic heterocycles. The molecule has 0 radical (unpaired) electrons. The van der Waals surface area contributed by atoms with Gasteiger partial charge in [-0.25, -0.2) is 0 Å². The second-order valence-electron chi connectivity index (χ2n) is 5.47.